The van der Waals surface area contributed by atoms with E-state index >= 15 is 0 Å². The summed E-state index contributed by atoms with van der Waals surface area (Å²) >= 11 is 0. The van der Waals surface area contributed by atoms with Gasteiger partial charge in [-0.1, -0.05) is 12.1 Å². The third-order valence-electron chi connectivity index (χ3n) is 3.30. The molecule has 0 radical (unpaired) electrons. The van der Waals surface area contributed by atoms with Crippen LogP contribution in [0.2, 0.25) is 0 Å². The van der Waals surface area contributed by atoms with Crippen molar-refractivity contribution < 1.29 is 4.79 Å². The van der Waals surface area contributed by atoms with Gasteiger partial charge < -0.3 is 10.2 Å². The molecule has 20 heavy (non-hydrogen) atoms. The standard InChI is InChI=1S/C15H20N4O/c1-11-14(9-17-18-11)8-16-15-6-4-5-13(7-15)10-19(3)12(2)20/h4-7,9,16H,8,10H2,1-3H3,(H,17,18). The number of benzene rings is 1. The van der Waals surface area contributed by atoms with E-state index in [4.69, 9.17) is 0 Å². The van der Waals surface area contributed by atoms with Crippen molar-refractivity contribution in [3.8, 4) is 0 Å². The molecule has 0 fully saturated rings. The van der Waals surface area contributed by atoms with Gasteiger partial charge in [0.2, 0.25) is 5.91 Å². The zero-order valence-corrected chi connectivity index (χ0v) is 12.1. The Balaban J connectivity index is 1.99. The van der Waals surface area contributed by atoms with Gasteiger partial charge in [-0.2, -0.15) is 5.10 Å². The highest BCUT2D eigenvalue weighted by atomic mass is 16.2. The van der Waals surface area contributed by atoms with Gasteiger partial charge in [0.15, 0.2) is 0 Å². The van der Waals surface area contributed by atoms with Crippen molar-refractivity contribution in [1.82, 2.24) is 15.1 Å². The minimum atomic E-state index is 0.0670. The molecular weight excluding hydrogens is 252 g/mol. The Hall–Kier alpha value is -2.30. The lowest BCUT2D eigenvalue weighted by molar-refractivity contribution is -0.128. The maximum Gasteiger partial charge on any atom is 0.219 e. The zero-order valence-electron chi connectivity index (χ0n) is 12.1. The molecule has 1 aromatic heterocycles. The molecule has 2 N–H and O–H groups in total. The summed E-state index contributed by atoms with van der Waals surface area (Å²) in [4.78, 5) is 12.9. The van der Waals surface area contributed by atoms with Crippen LogP contribution in [0, 0.1) is 6.92 Å². The summed E-state index contributed by atoms with van der Waals surface area (Å²) in [5.41, 5.74) is 4.37. The second kappa shape index (κ2) is 6.23. The first kappa shape index (κ1) is 14.1. The Kier molecular flexibility index (Phi) is 4.40. The van der Waals surface area contributed by atoms with E-state index in [1.165, 1.54) is 0 Å². The summed E-state index contributed by atoms with van der Waals surface area (Å²) < 4.78 is 0. The summed E-state index contributed by atoms with van der Waals surface area (Å²) in [6, 6.07) is 8.10. The van der Waals surface area contributed by atoms with E-state index in [9.17, 15) is 4.79 Å². The molecule has 5 nitrogen and oxygen atoms in total. The highest BCUT2D eigenvalue weighted by Crippen LogP contribution is 2.14. The number of aromatic nitrogens is 2. The maximum absolute atomic E-state index is 11.3. The normalized spacial score (nSPS) is 10.3. The third-order valence-corrected chi connectivity index (χ3v) is 3.30. The van der Waals surface area contributed by atoms with Crippen LogP contribution in [0.5, 0.6) is 0 Å². The van der Waals surface area contributed by atoms with E-state index < -0.39 is 0 Å². The number of anilines is 1. The second-order valence-electron chi connectivity index (χ2n) is 4.95. The Bertz CT molecular complexity index is 591. The summed E-state index contributed by atoms with van der Waals surface area (Å²) in [5, 5.41) is 10.3. The summed E-state index contributed by atoms with van der Waals surface area (Å²) in [7, 11) is 1.80. The average Bonchev–Trinajstić information content (AvgIpc) is 2.82. The predicted molar refractivity (Wildman–Crippen MR) is 79.2 cm³/mol. The van der Waals surface area contributed by atoms with Crippen molar-refractivity contribution in [3.05, 3.63) is 47.3 Å². The van der Waals surface area contributed by atoms with Gasteiger partial charge in [-0.3, -0.25) is 9.89 Å². The number of amides is 1. The van der Waals surface area contributed by atoms with Gasteiger partial charge in [0, 0.05) is 44.0 Å². The van der Waals surface area contributed by atoms with Crippen molar-refractivity contribution in [2.75, 3.05) is 12.4 Å². The van der Waals surface area contributed by atoms with Crippen LogP contribution in [0.25, 0.3) is 0 Å². The van der Waals surface area contributed by atoms with Crippen molar-refractivity contribution in [3.63, 3.8) is 0 Å². The van der Waals surface area contributed by atoms with Crippen molar-refractivity contribution in [2.24, 2.45) is 0 Å². The third kappa shape index (κ3) is 3.60. The molecule has 0 bridgehead atoms. The minimum absolute atomic E-state index is 0.0670. The number of rotatable bonds is 5. The molecule has 0 aliphatic rings. The van der Waals surface area contributed by atoms with Gasteiger partial charge in [-0.05, 0) is 24.6 Å². The molecule has 0 saturated carbocycles. The lowest BCUT2D eigenvalue weighted by atomic mass is 10.2. The number of carbonyl (C=O) groups is 1. The van der Waals surface area contributed by atoms with Gasteiger partial charge in [-0.15, -0.1) is 0 Å². The predicted octanol–water partition coefficient (Wildman–Crippen LogP) is 2.31. The van der Waals surface area contributed by atoms with Crippen LogP contribution in [0.4, 0.5) is 5.69 Å². The molecule has 0 unspecified atom stereocenters. The quantitative estimate of drug-likeness (QED) is 0.878. The molecule has 5 heteroatoms. The SMILES string of the molecule is CC(=O)N(C)Cc1cccc(NCc2cn[nH]c2C)c1. The highest BCUT2D eigenvalue weighted by Gasteiger charge is 2.04. The number of aromatic amines is 1. The maximum atomic E-state index is 11.3. The minimum Gasteiger partial charge on any atom is -0.381 e. The zero-order chi connectivity index (χ0) is 14.5. The van der Waals surface area contributed by atoms with E-state index in [-0.39, 0.29) is 5.91 Å². The highest BCUT2D eigenvalue weighted by molar-refractivity contribution is 5.72. The van der Waals surface area contributed by atoms with Gasteiger partial charge in [0.05, 0.1) is 6.20 Å². The number of carbonyl (C=O) groups excluding carboxylic acids is 1. The first-order chi connectivity index (χ1) is 9.56. The lowest BCUT2D eigenvalue weighted by Crippen LogP contribution is -2.23. The smallest absolute Gasteiger partial charge is 0.219 e. The number of hydrogen-bond acceptors (Lipinski definition) is 3. The number of H-pyrrole nitrogens is 1. The van der Waals surface area contributed by atoms with E-state index in [1.807, 2.05) is 31.3 Å². The Labute approximate surface area is 119 Å². The van der Waals surface area contributed by atoms with E-state index in [0.29, 0.717) is 6.54 Å². The average molecular weight is 272 g/mol. The topological polar surface area (TPSA) is 61.0 Å². The van der Waals surface area contributed by atoms with E-state index in [2.05, 4.69) is 21.6 Å². The fourth-order valence-electron chi connectivity index (χ4n) is 1.92. The molecule has 1 heterocycles. The first-order valence-electron chi connectivity index (χ1n) is 6.59. The lowest BCUT2D eigenvalue weighted by Gasteiger charge is -2.15. The fourth-order valence-corrected chi connectivity index (χ4v) is 1.92. The number of hydrogen-bond donors (Lipinski definition) is 2. The number of nitrogens with zero attached hydrogens (tertiary/aromatic N) is 2. The molecule has 0 atom stereocenters. The van der Waals surface area contributed by atoms with Crippen LogP contribution >= 0.6 is 0 Å². The molecule has 2 aromatic rings. The van der Waals surface area contributed by atoms with E-state index in [0.717, 1.165) is 29.1 Å². The second-order valence-corrected chi connectivity index (χ2v) is 4.95. The van der Waals surface area contributed by atoms with Crippen LogP contribution in [0.1, 0.15) is 23.7 Å². The van der Waals surface area contributed by atoms with E-state index in [1.54, 1.807) is 18.9 Å². The van der Waals surface area contributed by atoms with Crippen LogP contribution in [0.3, 0.4) is 0 Å². The molecule has 0 spiro atoms. The molecule has 1 aromatic carbocycles. The Morgan fingerprint density at radius 3 is 2.90 bits per heavy atom. The monoisotopic (exact) mass is 272 g/mol. The van der Waals surface area contributed by atoms with Gasteiger partial charge in [-0.25, -0.2) is 0 Å². The van der Waals surface area contributed by atoms with Gasteiger partial charge >= 0.3 is 0 Å². The van der Waals surface area contributed by atoms with Crippen LogP contribution in [-0.2, 0) is 17.9 Å². The molecule has 106 valence electrons. The summed E-state index contributed by atoms with van der Waals surface area (Å²) in [5.74, 6) is 0.0670. The van der Waals surface area contributed by atoms with Crippen molar-refractivity contribution >= 4 is 11.6 Å². The number of nitrogens with one attached hydrogen (secondary N) is 2. The largest absolute Gasteiger partial charge is 0.381 e. The molecule has 1 amide bonds. The van der Waals surface area contributed by atoms with Crippen LogP contribution in [-0.4, -0.2) is 28.1 Å². The Morgan fingerprint density at radius 2 is 2.25 bits per heavy atom. The molecule has 0 aliphatic heterocycles. The fraction of sp³-hybridized carbons (Fsp3) is 0.333. The molecule has 0 saturated heterocycles. The van der Waals surface area contributed by atoms with Crippen LogP contribution < -0.4 is 5.32 Å². The summed E-state index contributed by atoms with van der Waals surface area (Å²) in [6.07, 6.45) is 1.83. The van der Waals surface area contributed by atoms with Crippen molar-refractivity contribution in [1.29, 1.82) is 0 Å². The number of aryl methyl sites for hydroxylation is 1. The Morgan fingerprint density at radius 1 is 1.45 bits per heavy atom. The van der Waals surface area contributed by atoms with Crippen LogP contribution in [0.15, 0.2) is 30.5 Å². The molecule has 0 aliphatic carbocycles. The molecule has 2 rings (SSSR count). The first-order valence-corrected chi connectivity index (χ1v) is 6.59. The summed E-state index contributed by atoms with van der Waals surface area (Å²) in [6.45, 7) is 4.93. The van der Waals surface area contributed by atoms with Gasteiger partial charge in [0.1, 0.15) is 0 Å². The van der Waals surface area contributed by atoms with Gasteiger partial charge in [0.25, 0.3) is 0 Å². The molecular formula is C15H20N4O. The van der Waals surface area contributed by atoms with Crippen molar-refractivity contribution in [2.45, 2.75) is 26.9 Å².